The van der Waals surface area contributed by atoms with Crippen LogP contribution in [0.25, 0.3) is 0 Å². The average molecular weight is 266 g/mol. The van der Waals surface area contributed by atoms with Gasteiger partial charge in [-0.15, -0.1) is 0 Å². The molecule has 1 unspecified atom stereocenters. The van der Waals surface area contributed by atoms with Crippen molar-refractivity contribution in [2.24, 2.45) is 5.92 Å². The van der Waals surface area contributed by atoms with Crippen molar-refractivity contribution in [1.82, 2.24) is 0 Å². The quantitative estimate of drug-likeness (QED) is 0.914. The summed E-state index contributed by atoms with van der Waals surface area (Å²) in [6.45, 7) is 1.23. The molecule has 19 heavy (non-hydrogen) atoms. The molecule has 0 aromatic heterocycles. The van der Waals surface area contributed by atoms with E-state index in [1.165, 1.54) is 0 Å². The van der Waals surface area contributed by atoms with Gasteiger partial charge in [-0.1, -0.05) is 0 Å². The minimum atomic E-state index is -0.693. The summed E-state index contributed by atoms with van der Waals surface area (Å²) in [5.41, 5.74) is -0.0655. The lowest BCUT2D eigenvalue weighted by Crippen LogP contribution is -2.36. The van der Waals surface area contributed by atoms with E-state index in [1.54, 1.807) is 11.0 Å². The Morgan fingerprint density at radius 3 is 2.63 bits per heavy atom. The zero-order valence-electron chi connectivity index (χ0n) is 10.6. The summed E-state index contributed by atoms with van der Waals surface area (Å²) in [4.78, 5) is 1.68. The maximum absolute atomic E-state index is 13.9. The summed E-state index contributed by atoms with van der Waals surface area (Å²) < 4.78 is 27.8. The molecule has 102 valence electrons. The van der Waals surface area contributed by atoms with Gasteiger partial charge in [-0.05, 0) is 37.3 Å². The van der Waals surface area contributed by atoms with Crippen molar-refractivity contribution < 1.29 is 13.9 Å². The summed E-state index contributed by atoms with van der Waals surface area (Å²) in [5, 5.41) is 17.6. The van der Waals surface area contributed by atoms with Crippen molar-refractivity contribution in [3.63, 3.8) is 0 Å². The lowest BCUT2D eigenvalue weighted by Gasteiger charge is -2.34. The second-order valence-electron chi connectivity index (χ2n) is 4.87. The molecule has 3 nitrogen and oxygen atoms in total. The minimum Gasteiger partial charge on any atom is -0.396 e. The van der Waals surface area contributed by atoms with Crippen LogP contribution in [0.3, 0.4) is 0 Å². The fourth-order valence-corrected chi connectivity index (χ4v) is 2.62. The Hall–Kier alpha value is -1.67. The summed E-state index contributed by atoms with van der Waals surface area (Å²) in [7, 11) is 0. The van der Waals surface area contributed by atoms with Crippen LogP contribution in [0, 0.1) is 28.9 Å². The van der Waals surface area contributed by atoms with Gasteiger partial charge in [-0.3, -0.25) is 0 Å². The van der Waals surface area contributed by atoms with Gasteiger partial charge in [-0.2, -0.15) is 5.26 Å². The number of nitriles is 1. The van der Waals surface area contributed by atoms with E-state index in [1.807, 2.05) is 0 Å². The van der Waals surface area contributed by atoms with E-state index in [-0.39, 0.29) is 23.8 Å². The van der Waals surface area contributed by atoms with Crippen LogP contribution in [0.2, 0.25) is 0 Å². The van der Waals surface area contributed by atoms with Crippen LogP contribution in [0.15, 0.2) is 12.1 Å². The molecule has 1 atom stereocenters. The molecule has 0 amide bonds. The fraction of sp³-hybridized carbons (Fsp3) is 0.500. The molecule has 2 rings (SSSR count). The number of halogens is 2. The van der Waals surface area contributed by atoms with Crippen LogP contribution < -0.4 is 4.90 Å². The highest BCUT2D eigenvalue weighted by molar-refractivity contribution is 5.53. The largest absolute Gasteiger partial charge is 0.396 e. The van der Waals surface area contributed by atoms with Gasteiger partial charge in [0.1, 0.15) is 5.69 Å². The Bertz CT molecular complexity index is 474. The highest BCUT2D eigenvalue weighted by atomic mass is 19.1. The van der Waals surface area contributed by atoms with Crippen LogP contribution in [-0.4, -0.2) is 24.8 Å². The lowest BCUT2D eigenvalue weighted by atomic mass is 9.94. The van der Waals surface area contributed by atoms with Gasteiger partial charge in [0, 0.05) is 19.7 Å². The number of rotatable bonds is 3. The molecule has 1 N–H and O–H groups in total. The predicted molar refractivity (Wildman–Crippen MR) is 67.7 cm³/mol. The van der Waals surface area contributed by atoms with Gasteiger partial charge < -0.3 is 10.0 Å². The van der Waals surface area contributed by atoms with Crippen LogP contribution in [0.1, 0.15) is 24.8 Å². The maximum Gasteiger partial charge on any atom is 0.150 e. The van der Waals surface area contributed by atoms with Crippen molar-refractivity contribution in [1.29, 1.82) is 5.26 Å². The standard InChI is InChI=1S/C14H16F2N2O/c15-12-6-11(8-17)7-13(16)14(12)18-4-1-2-10(9-18)3-5-19/h6-7,10,19H,1-5,9H2. The molecule has 5 heteroatoms. The Labute approximate surface area is 111 Å². The summed E-state index contributed by atoms with van der Waals surface area (Å²) in [6.07, 6.45) is 2.47. The molecule has 1 aliphatic rings. The van der Waals surface area contributed by atoms with Gasteiger partial charge in [0.25, 0.3) is 0 Å². The Balaban J connectivity index is 2.24. The van der Waals surface area contributed by atoms with E-state index in [9.17, 15) is 8.78 Å². The first-order chi connectivity index (χ1) is 9.15. The molecule has 0 bridgehead atoms. The van der Waals surface area contributed by atoms with Crippen LogP contribution in [0.5, 0.6) is 0 Å². The molecule has 1 aromatic carbocycles. The molecule has 0 aliphatic carbocycles. The Morgan fingerprint density at radius 2 is 2.05 bits per heavy atom. The molecule has 1 aliphatic heterocycles. The molecule has 1 saturated heterocycles. The summed E-state index contributed by atoms with van der Waals surface area (Å²) in [6, 6.07) is 3.86. The van der Waals surface area contributed by atoms with E-state index in [2.05, 4.69) is 0 Å². The molecular formula is C14H16F2N2O. The van der Waals surface area contributed by atoms with Crippen molar-refractivity contribution in [3.8, 4) is 6.07 Å². The van der Waals surface area contributed by atoms with Crippen LogP contribution in [0.4, 0.5) is 14.5 Å². The second kappa shape index (κ2) is 5.98. The second-order valence-corrected chi connectivity index (χ2v) is 4.87. The number of aliphatic hydroxyl groups excluding tert-OH is 1. The third-order valence-corrected chi connectivity index (χ3v) is 3.52. The Kier molecular flexibility index (Phi) is 4.33. The number of anilines is 1. The van der Waals surface area contributed by atoms with Crippen molar-refractivity contribution >= 4 is 5.69 Å². The zero-order chi connectivity index (χ0) is 13.8. The SMILES string of the molecule is N#Cc1cc(F)c(N2CCCC(CCO)C2)c(F)c1. The monoisotopic (exact) mass is 266 g/mol. The zero-order valence-corrected chi connectivity index (χ0v) is 10.6. The van der Waals surface area contributed by atoms with E-state index < -0.39 is 11.6 Å². The molecule has 0 saturated carbocycles. The molecule has 1 fully saturated rings. The molecule has 0 radical (unpaired) electrons. The van der Waals surface area contributed by atoms with E-state index in [0.29, 0.717) is 19.5 Å². The third kappa shape index (κ3) is 3.02. The maximum atomic E-state index is 13.9. The summed E-state index contributed by atoms with van der Waals surface area (Å²) >= 11 is 0. The lowest BCUT2D eigenvalue weighted by molar-refractivity contribution is 0.244. The first-order valence-electron chi connectivity index (χ1n) is 6.40. The van der Waals surface area contributed by atoms with Crippen molar-refractivity contribution in [3.05, 3.63) is 29.3 Å². The van der Waals surface area contributed by atoms with Gasteiger partial charge in [0.2, 0.25) is 0 Å². The van der Waals surface area contributed by atoms with Gasteiger partial charge in [0.05, 0.1) is 11.6 Å². The highest BCUT2D eigenvalue weighted by Crippen LogP contribution is 2.30. The first-order valence-corrected chi connectivity index (χ1v) is 6.40. The first kappa shape index (κ1) is 13.8. The number of piperidine rings is 1. The number of hydrogen-bond acceptors (Lipinski definition) is 3. The van der Waals surface area contributed by atoms with Crippen molar-refractivity contribution in [2.75, 3.05) is 24.6 Å². The third-order valence-electron chi connectivity index (χ3n) is 3.52. The van der Waals surface area contributed by atoms with Gasteiger partial charge in [-0.25, -0.2) is 8.78 Å². The smallest absolute Gasteiger partial charge is 0.150 e. The normalized spacial score (nSPS) is 19.3. The number of benzene rings is 1. The number of aliphatic hydroxyl groups is 1. The number of hydrogen-bond donors (Lipinski definition) is 1. The molecule has 1 heterocycles. The Morgan fingerprint density at radius 1 is 1.37 bits per heavy atom. The average Bonchev–Trinajstić information content (AvgIpc) is 2.38. The van der Waals surface area contributed by atoms with E-state index >= 15 is 0 Å². The van der Waals surface area contributed by atoms with Gasteiger partial charge in [0.15, 0.2) is 11.6 Å². The summed E-state index contributed by atoms with van der Waals surface area (Å²) in [5.74, 6) is -1.13. The van der Waals surface area contributed by atoms with Crippen LogP contribution >= 0.6 is 0 Å². The molecule has 0 spiro atoms. The van der Waals surface area contributed by atoms with Gasteiger partial charge >= 0.3 is 0 Å². The molecular weight excluding hydrogens is 250 g/mol. The fourth-order valence-electron chi connectivity index (χ4n) is 2.62. The predicted octanol–water partition coefficient (Wildman–Crippen LogP) is 2.44. The van der Waals surface area contributed by atoms with E-state index in [4.69, 9.17) is 10.4 Å². The molecule has 1 aromatic rings. The topological polar surface area (TPSA) is 47.3 Å². The number of nitrogens with zero attached hydrogens (tertiary/aromatic N) is 2. The van der Waals surface area contributed by atoms with Crippen molar-refractivity contribution in [2.45, 2.75) is 19.3 Å². The van der Waals surface area contributed by atoms with E-state index in [0.717, 1.165) is 25.0 Å². The van der Waals surface area contributed by atoms with Crippen LogP contribution in [-0.2, 0) is 0 Å². The minimum absolute atomic E-state index is 0.0114. The highest BCUT2D eigenvalue weighted by Gasteiger charge is 2.24.